The number of aliphatic hydroxyl groups is 1. The number of aliphatic hydroxyl groups excluding tert-OH is 1. The Bertz CT molecular complexity index is 534. The van der Waals surface area contributed by atoms with Crippen molar-refractivity contribution >= 4 is 5.91 Å². The highest BCUT2D eigenvalue weighted by atomic mass is 16.3. The topological polar surface area (TPSA) is 67.2 Å². The average molecular weight is 231 g/mol. The average Bonchev–Trinajstić information content (AvgIpc) is 2.87. The molecule has 0 radical (unpaired) electrons. The summed E-state index contributed by atoms with van der Waals surface area (Å²) >= 11 is 0. The van der Waals surface area contributed by atoms with Crippen molar-refractivity contribution in [2.24, 2.45) is 0 Å². The maximum absolute atomic E-state index is 11.4. The second-order valence-corrected chi connectivity index (χ2v) is 3.51. The van der Waals surface area contributed by atoms with Crippen LogP contribution in [0, 0.1) is 0 Å². The molecule has 0 atom stereocenters. The number of nitrogens with one attached hydrogen (secondary N) is 1. The van der Waals surface area contributed by atoms with Crippen LogP contribution in [-0.4, -0.2) is 27.8 Å². The molecule has 0 saturated heterocycles. The summed E-state index contributed by atoms with van der Waals surface area (Å²) in [7, 11) is 1.56. The molecule has 0 aliphatic rings. The van der Waals surface area contributed by atoms with Crippen LogP contribution >= 0.6 is 0 Å². The molecule has 0 bridgehead atoms. The van der Waals surface area contributed by atoms with E-state index in [2.05, 4.69) is 10.4 Å². The van der Waals surface area contributed by atoms with Crippen LogP contribution in [0.5, 0.6) is 0 Å². The molecule has 0 fully saturated rings. The first-order valence-corrected chi connectivity index (χ1v) is 5.23. The Morgan fingerprint density at radius 2 is 2.18 bits per heavy atom. The zero-order valence-electron chi connectivity index (χ0n) is 9.42. The quantitative estimate of drug-likeness (QED) is 0.818. The van der Waals surface area contributed by atoms with Crippen molar-refractivity contribution in [3.63, 3.8) is 0 Å². The largest absolute Gasteiger partial charge is 0.392 e. The van der Waals surface area contributed by atoms with Gasteiger partial charge in [0, 0.05) is 18.8 Å². The summed E-state index contributed by atoms with van der Waals surface area (Å²) in [6.07, 6.45) is 1.69. The smallest absolute Gasteiger partial charge is 0.271 e. The standard InChI is InChI=1S/C12H13N3O2/c1-13-12(17)10-6-7-15(14-10)11-5-3-2-4-9(11)8-16/h2-7,16H,8H2,1H3,(H,13,17). The van der Waals surface area contributed by atoms with Crippen molar-refractivity contribution < 1.29 is 9.90 Å². The van der Waals surface area contributed by atoms with E-state index in [9.17, 15) is 9.90 Å². The number of benzene rings is 1. The van der Waals surface area contributed by atoms with Gasteiger partial charge in [-0.2, -0.15) is 5.10 Å². The zero-order chi connectivity index (χ0) is 12.3. The molecule has 0 aliphatic carbocycles. The first-order valence-electron chi connectivity index (χ1n) is 5.23. The van der Waals surface area contributed by atoms with Gasteiger partial charge in [-0.3, -0.25) is 4.79 Å². The Morgan fingerprint density at radius 3 is 2.88 bits per heavy atom. The lowest BCUT2D eigenvalue weighted by atomic mass is 10.2. The summed E-state index contributed by atoms with van der Waals surface area (Å²) in [5.74, 6) is -0.231. The second-order valence-electron chi connectivity index (χ2n) is 3.51. The summed E-state index contributed by atoms with van der Waals surface area (Å²) in [5.41, 5.74) is 1.88. The third kappa shape index (κ3) is 2.19. The maximum Gasteiger partial charge on any atom is 0.271 e. The van der Waals surface area contributed by atoms with Gasteiger partial charge in [0.05, 0.1) is 12.3 Å². The molecule has 2 rings (SSSR count). The SMILES string of the molecule is CNC(=O)c1ccn(-c2ccccc2CO)n1. The molecule has 2 aromatic rings. The lowest BCUT2D eigenvalue weighted by Gasteiger charge is -2.06. The van der Waals surface area contributed by atoms with Crippen LogP contribution in [0.2, 0.25) is 0 Å². The summed E-state index contributed by atoms with van der Waals surface area (Å²) in [4.78, 5) is 11.4. The van der Waals surface area contributed by atoms with Gasteiger partial charge in [-0.25, -0.2) is 4.68 Å². The highest BCUT2D eigenvalue weighted by molar-refractivity contribution is 5.91. The molecule has 5 heteroatoms. The molecule has 5 nitrogen and oxygen atoms in total. The van der Waals surface area contributed by atoms with E-state index in [1.54, 1.807) is 24.0 Å². The fourth-order valence-corrected chi connectivity index (χ4v) is 1.58. The van der Waals surface area contributed by atoms with Crippen molar-refractivity contribution in [3.8, 4) is 5.69 Å². The molecule has 1 heterocycles. The normalized spacial score (nSPS) is 10.2. The lowest BCUT2D eigenvalue weighted by molar-refractivity contribution is 0.0957. The highest BCUT2D eigenvalue weighted by Gasteiger charge is 2.09. The third-order valence-corrected chi connectivity index (χ3v) is 2.46. The first kappa shape index (κ1) is 11.3. The van der Waals surface area contributed by atoms with Crippen molar-refractivity contribution in [1.29, 1.82) is 0 Å². The van der Waals surface area contributed by atoms with Crippen molar-refractivity contribution in [2.75, 3.05) is 7.05 Å². The maximum atomic E-state index is 11.4. The first-order chi connectivity index (χ1) is 8.26. The summed E-state index contributed by atoms with van der Waals surface area (Å²) in [5, 5.41) is 15.9. The van der Waals surface area contributed by atoms with Crippen LogP contribution < -0.4 is 5.32 Å². The lowest BCUT2D eigenvalue weighted by Crippen LogP contribution is -2.18. The van der Waals surface area contributed by atoms with Gasteiger partial charge in [-0.1, -0.05) is 18.2 Å². The fraction of sp³-hybridized carbons (Fsp3) is 0.167. The minimum Gasteiger partial charge on any atom is -0.392 e. The molecule has 1 aromatic heterocycles. The number of para-hydroxylation sites is 1. The number of hydrogen-bond acceptors (Lipinski definition) is 3. The highest BCUT2D eigenvalue weighted by Crippen LogP contribution is 2.13. The molecule has 0 spiro atoms. The number of hydrogen-bond donors (Lipinski definition) is 2. The van der Waals surface area contributed by atoms with E-state index in [1.165, 1.54) is 0 Å². The minimum absolute atomic E-state index is 0.0641. The minimum atomic E-state index is -0.231. The molecule has 2 N–H and O–H groups in total. The predicted molar refractivity (Wildman–Crippen MR) is 62.9 cm³/mol. The summed E-state index contributed by atoms with van der Waals surface area (Å²) < 4.78 is 1.58. The van der Waals surface area contributed by atoms with Crippen LogP contribution in [0.4, 0.5) is 0 Å². The number of rotatable bonds is 3. The van der Waals surface area contributed by atoms with Gasteiger partial charge in [-0.05, 0) is 12.1 Å². The molecular formula is C12H13N3O2. The Hall–Kier alpha value is -2.14. The van der Waals surface area contributed by atoms with E-state index >= 15 is 0 Å². The Labute approximate surface area is 98.7 Å². The van der Waals surface area contributed by atoms with E-state index < -0.39 is 0 Å². The van der Waals surface area contributed by atoms with E-state index in [0.29, 0.717) is 5.69 Å². The van der Waals surface area contributed by atoms with E-state index in [1.807, 2.05) is 24.3 Å². The number of carbonyl (C=O) groups is 1. The molecular weight excluding hydrogens is 218 g/mol. The van der Waals surface area contributed by atoms with Gasteiger partial charge in [0.25, 0.3) is 5.91 Å². The van der Waals surface area contributed by atoms with Gasteiger partial charge < -0.3 is 10.4 Å². The van der Waals surface area contributed by atoms with E-state index in [0.717, 1.165) is 11.3 Å². The van der Waals surface area contributed by atoms with Gasteiger partial charge in [0.15, 0.2) is 5.69 Å². The Kier molecular flexibility index (Phi) is 3.20. The zero-order valence-corrected chi connectivity index (χ0v) is 9.42. The van der Waals surface area contributed by atoms with Gasteiger partial charge in [0.1, 0.15) is 0 Å². The molecule has 17 heavy (non-hydrogen) atoms. The third-order valence-electron chi connectivity index (χ3n) is 2.46. The second kappa shape index (κ2) is 4.80. The molecule has 1 aromatic carbocycles. The molecule has 1 amide bonds. The van der Waals surface area contributed by atoms with Crippen molar-refractivity contribution in [2.45, 2.75) is 6.61 Å². The Balaban J connectivity index is 2.40. The Morgan fingerprint density at radius 1 is 1.41 bits per heavy atom. The molecule has 0 aliphatic heterocycles. The fourth-order valence-electron chi connectivity index (χ4n) is 1.58. The number of amides is 1. The molecule has 88 valence electrons. The van der Waals surface area contributed by atoms with Crippen molar-refractivity contribution in [1.82, 2.24) is 15.1 Å². The van der Waals surface area contributed by atoms with Crippen LogP contribution in [0.1, 0.15) is 16.1 Å². The van der Waals surface area contributed by atoms with Crippen molar-refractivity contribution in [3.05, 3.63) is 47.8 Å². The van der Waals surface area contributed by atoms with E-state index in [4.69, 9.17) is 0 Å². The van der Waals surface area contributed by atoms with Gasteiger partial charge >= 0.3 is 0 Å². The number of carbonyl (C=O) groups excluding carboxylic acids is 1. The molecule has 0 saturated carbocycles. The van der Waals surface area contributed by atoms with Gasteiger partial charge in [-0.15, -0.1) is 0 Å². The van der Waals surface area contributed by atoms with E-state index in [-0.39, 0.29) is 12.5 Å². The van der Waals surface area contributed by atoms with Crippen LogP contribution in [0.15, 0.2) is 36.5 Å². The number of aromatic nitrogens is 2. The number of nitrogens with zero attached hydrogens (tertiary/aromatic N) is 2. The monoisotopic (exact) mass is 231 g/mol. The van der Waals surface area contributed by atoms with Gasteiger partial charge in [0.2, 0.25) is 0 Å². The summed E-state index contributed by atoms with van der Waals surface area (Å²) in [6, 6.07) is 8.99. The van der Waals surface area contributed by atoms with Crippen LogP contribution in [-0.2, 0) is 6.61 Å². The van der Waals surface area contributed by atoms with Crippen LogP contribution in [0.25, 0.3) is 5.69 Å². The predicted octanol–water partition coefficient (Wildman–Crippen LogP) is 0.724. The summed E-state index contributed by atoms with van der Waals surface area (Å²) in [6.45, 7) is -0.0641. The van der Waals surface area contributed by atoms with Crippen LogP contribution in [0.3, 0.4) is 0 Å². The molecule has 0 unspecified atom stereocenters.